The van der Waals surface area contributed by atoms with Crippen molar-refractivity contribution in [3.8, 4) is 0 Å². The van der Waals surface area contributed by atoms with E-state index in [-0.39, 0.29) is 12.5 Å². The van der Waals surface area contributed by atoms with Gasteiger partial charge < -0.3 is 16.2 Å². The number of carboxylic acids is 1. The summed E-state index contributed by atoms with van der Waals surface area (Å²) in [5, 5.41) is 11.3. The van der Waals surface area contributed by atoms with Crippen LogP contribution in [0.5, 0.6) is 0 Å². The number of amides is 1. The third-order valence-electron chi connectivity index (χ3n) is 2.30. The number of hydrogen-bond acceptors (Lipinski definition) is 3. The van der Waals surface area contributed by atoms with Crippen molar-refractivity contribution in [2.24, 2.45) is 11.7 Å². The van der Waals surface area contributed by atoms with Crippen molar-refractivity contribution < 1.29 is 14.7 Å². The second kappa shape index (κ2) is 7.23. The first-order chi connectivity index (χ1) is 7.02. The van der Waals surface area contributed by atoms with Crippen LogP contribution in [0.3, 0.4) is 0 Å². The third-order valence-corrected chi connectivity index (χ3v) is 2.30. The van der Waals surface area contributed by atoms with Crippen LogP contribution in [-0.4, -0.2) is 29.6 Å². The number of carboxylic acid groups (broad SMARTS) is 1. The fraction of sp³-hybridized carbons (Fsp3) is 0.800. The molecule has 0 aliphatic carbocycles. The summed E-state index contributed by atoms with van der Waals surface area (Å²) in [6, 6.07) is -0.527. The molecule has 0 aromatic heterocycles. The van der Waals surface area contributed by atoms with Gasteiger partial charge in [-0.05, 0) is 12.8 Å². The Morgan fingerprint density at radius 2 is 2.00 bits per heavy atom. The van der Waals surface area contributed by atoms with Gasteiger partial charge in [-0.3, -0.25) is 9.59 Å². The topological polar surface area (TPSA) is 92.4 Å². The third kappa shape index (κ3) is 5.37. The molecule has 0 spiro atoms. The molecular formula is C10H20N2O3. The number of rotatable bonds is 7. The fourth-order valence-corrected chi connectivity index (χ4v) is 1.20. The summed E-state index contributed by atoms with van der Waals surface area (Å²) in [7, 11) is 0. The van der Waals surface area contributed by atoms with Crippen molar-refractivity contribution in [3.05, 3.63) is 0 Å². The van der Waals surface area contributed by atoms with Crippen molar-refractivity contribution in [1.29, 1.82) is 0 Å². The minimum absolute atomic E-state index is 0.155. The lowest BCUT2D eigenvalue weighted by molar-refractivity contribution is -0.141. The van der Waals surface area contributed by atoms with Gasteiger partial charge in [0.05, 0.1) is 12.0 Å². The SMILES string of the molecule is CCCC(N)C(=O)NCC(CC)C(=O)O. The number of carbonyl (C=O) groups excluding carboxylic acids is 1. The molecule has 1 amide bonds. The van der Waals surface area contributed by atoms with Crippen LogP contribution in [0.15, 0.2) is 0 Å². The molecule has 0 bridgehead atoms. The van der Waals surface area contributed by atoms with Crippen LogP contribution < -0.4 is 11.1 Å². The van der Waals surface area contributed by atoms with Gasteiger partial charge in [-0.15, -0.1) is 0 Å². The predicted octanol–water partition coefficient (Wildman–Crippen LogP) is 0.341. The molecule has 0 aromatic carbocycles. The van der Waals surface area contributed by atoms with Crippen LogP contribution in [-0.2, 0) is 9.59 Å². The minimum Gasteiger partial charge on any atom is -0.481 e. The molecule has 4 N–H and O–H groups in total. The van der Waals surface area contributed by atoms with Crippen LogP contribution in [0.4, 0.5) is 0 Å². The highest BCUT2D eigenvalue weighted by atomic mass is 16.4. The molecule has 88 valence electrons. The molecule has 2 atom stereocenters. The highest BCUT2D eigenvalue weighted by molar-refractivity contribution is 5.82. The minimum atomic E-state index is -0.887. The molecule has 5 nitrogen and oxygen atoms in total. The van der Waals surface area contributed by atoms with Crippen molar-refractivity contribution in [1.82, 2.24) is 5.32 Å². The average Bonchev–Trinajstić information content (AvgIpc) is 2.18. The van der Waals surface area contributed by atoms with Crippen molar-refractivity contribution in [3.63, 3.8) is 0 Å². The number of carbonyl (C=O) groups is 2. The molecule has 0 saturated carbocycles. The van der Waals surface area contributed by atoms with E-state index in [1.54, 1.807) is 6.92 Å². The summed E-state index contributed by atoms with van der Waals surface area (Å²) in [5.41, 5.74) is 5.57. The van der Waals surface area contributed by atoms with E-state index in [9.17, 15) is 9.59 Å². The maximum Gasteiger partial charge on any atom is 0.308 e. The van der Waals surface area contributed by atoms with Crippen LogP contribution >= 0.6 is 0 Å². The highest BCUT2D eigenvalue weighted by Gasteiger charge is 2.18. The van der Waals surface area contributed by atoms with Gasteiger partial charge in [0, 0.05) is 6.54 Å². The summed E-state index contributed by atoms with van der Waals surface area (Å²) in [6.07, 6.45) is 1.96. The Bertz CT molecular complexity index is 219. The lowest BCUT2D eigenvalue weighted by atomic mass is 10.1. The molecule has 0 aromatic rings. The number of nitrogens with one attached hydrogen (secondary N) is 1. The van der Waals surface area contributed by atoms with Gasteiger partial charge in [0.1, 0.15) is 0 Å². The van der Waals surface area contributed by atoms with Gasteiger partial charge >= 0.3 is 5.97 Å². The van der Waals surface area contributed by atoms with Crippen molar-refractivity contribution >= 4 is 11.9 Å². The molecule has 2 unspecified atom stereocenters. The number of aliphatic carboxylic acids is 1. The van der Waals surface area contributed by atoms with Crippen LogP contribution in [0.2, 0.25) is 0 Å². The van der Waals surface area contributed by atoms with Crippen LogP contribution in [0, 0.1) is 5.92 Å². The zero-order valence-corrected chi connectivity index (χ0v) is 9.32. The molecule has 0 heterocycles. The largest absolute Gasteiger partial charge is 0.481 e. The molecular weight excluding hydrogens is 196 g/mol. The highest BCUT2D eigenvalue weighted by Crippen LogP contribution is 2.01. The Labute approximate surface area is 90.0 Å². The van der Waals surface area contributed by atoms with E-state index >= 15 is 0 Å². The number of nitrogens with two attached hydrogens (primary N) is 1. The van der Waals surface area contributed by atoms with E-state index in [0.717, 1.165) is 6.42 Å². The lowest BCUT2D eigenvalue weighted by Gasteiger charge is -2.14. The van der Waals surface area contributed by atoms with Gasteiger partial charge in [0.15, 0.2) is 0 Å². The van der Waals surface area contributed by atoms with E-state index in [1.807, 2.05) is 6.92 Å². The van der Waals surface area contributed by atoms with E-state index in [2.05, 4.69) is 5.32 Å². The smallest absolute Gasteiger partial charge is 0.308 e. The van der Waals surface area contributed by atoms with Crippen molar-refractivity contribution in [2.75, 3.05) is 6.54 Å². The molecule has 5 heteroatoms. The average molecular weight is 216 g/mol. The zero-order chi connectivity index (χ0) is 11.8. The van der Waals surface area contributed by atoms with Gasteiger partial charge in [-0.25, -0.2) is 0 Å². The number of hydrogen-bond donors (Lipinski definition) is 3. The Morgan fingerprint density at radius 3 is 2.40 bits per heavy atom. The Hall–Kier alpha value is -1.10. The molecule has 0 fully saturated rings. The zero-order valence-electron chi connectivity index (χ0n) is 9.32. The van der Waals surface area contributed by atoms with E-state index in [1.165, 1.54) is 0 Å². The maximum absolute atomic E-state index is 11.3. The summed E-state index contributed by atoms with van der Waals surface area (Å²) in [5.74, 6) is -1.68. The van der Waals surface area contributed by atoms with E-state index in [4.69, 9.17) is 10.8 Å². The summed E-state index contributed by atoms with van der Waals surface area (Å²) in [4.78, 5) is 22.0. The van der Waals surface area contributed by atoms with Crippen LogP contribution in [0.1, 0.15) is 33.1 Å². The summed E-state index contributed by atoms with van der Waals surface area (Å²) < 4.78 is 0. The lowest BCUT2D eigenvalue weighted by Crippen LogP contribution is -2.43. The van der Waals surface area contributed by atoms with Crippen molar-refractivity contribution in [2.45, 2.75) is 39.2 Å². The fourth-order valence-electron chi connectivity index (χ4n) is 1.20. The molecule has 0 aliphatic heterocycles. The monoisotopic (exact) mass is 216 g/mol. The maximum atomic E-state index is 11.3. The Morgan fingerprint density at radius 1 is 1.40 bits per heavy atom. The molecule has 0 rings (SSSR count). The van der Waals surface area contributed by atoms with E-state index < -0.39 is 17.9 Å². The van der Waals surface area contributed by atoms with Gasteiger partial charge in [-0.2, -0.15) is 0 Å². The standard InChI is InChI=1S/C10H20N2O3/c1-3-5-8(11)9(13)12-6-7(4-2)10(14)15/h7-8H,3-6,11H2,1-2H3,(H,12,13)(H,14,15). The molecule has 0 radical (unpaired) electrons. The predicted molar refractivity (Wildman–Crippen MR) is 57.3 cm³/mol. The van der Waals surface area contributed by atoms with Gasteiger partial charge in [0.25, 0.3) is 0 Å². The Balaban J connectivity index is 3.92. The quantitative estimate of drug-likeness (QED) is 0.572. The van der Waals surface area contributed by atoms with E-state index in [0.29, 0.717) is 12.8 Å². The normalized spacial score (nSPS) is 14.3. The van der Waals surface area contributed by atoms with Crippen LogP contribution in [0.25, 0.3) is 0 Å². The first-order valence-electron chi connectivity index (χ1n) is 5.29. The second-order valence-corrected chi connectivity index (χ2v) is 3.58. The Kier molecular flexibility index (Phi) is 6.70. The molecule has 0 saturated heterocycles. The molecule has 15 heavy (non-hydrogen) atoms. The second-order valence-electron chi connectivity index (χ2n) is 3.58. The van der Waals surface area contributed by atoms with Gasteiger partial charge in [-0.1, -0.05) is 20.3 Å². The first kappa shape index (κ1) is 13.9. The summed E-state index contributed by atoms with van der Waals surface area (Å²) in [6.45, 7) is 3.87. The van der Waals surface area contributed by atoms with Gasteiger partial charge in [0.2, 0.25) is 5.91 Å². The first-order valence-corrected chi connectivity index (χ1v) is 5.29. The summed E-state index contributed by atoms with van der Waals surface area (Å²) >= 11 is 0. The molecule has 0 aliphatic rings.